The molecule has 0 saturated heterocycles. The van der Waals surface area contributed by atoms with E-state index >= 15 is 0 Å². The van der Waals surface area contributed by atoms with Crippen LogP contribution in [0.15, 0.2) is 36.7 Å². The van der Waals surface area contributed by atoms with E-state index in [2.05, 4.69) is 10.3 Å². The van der Waals surface area contributed by atoms with Crippen molar-refractivity contribution in [1.29, 1.82) is 0 Å². The minimum atomic E-state index is -0.488. The van der Waals surface area contributed by atoms with Crippen molar-refractivity contribution in [3.63, 3.8) is 0 Å². The molecule has 0 spiro atoms. The summed E-state index contributed by atoms with van der Waals surface area (Å²) < 4.78 is 32.2. The highest BCUT2D eigenvalue weighted by Crippen LogP contribution is 2.26. The first-order chi connectivity index (χ1) is 9.15. The van der Waals surface area contributed by atoms with E-state index in [0.717, 1.165) is 12.1 Å². The van der Waals surface area contributed by atoms with Gasteiger partial charge in [0.1, 0.15) is 17.4 Å². The van der Waals surface area contributed by atoms with Gasteiger partial charge in [-0.15, -0.1) is 0 Å². The number of pyridine rings is 1. The van der Waals surface area contributed by atoms with Crippen LogP contribution in [-0.2, 0) is 0 Å². The van der Waals surface area contributed by atoms with Crippen LogP contribution >= 0.6 is 0 Å². The van der Waals surface area contributed by atoms with Crippen LogP contribution in [0.4, 0.5) is 8.78 Å². The molecule has 0 aliphatic carbocycles. The number of hydrogen-bond acceptors (Lipinski definition) is 3. The Morgan fingerprint density at radius 1 is 1.21 bits per heavy atom. The molecule has 2 rings (SSSR count). The minimum Gasteiger partial charge on any atom is -0.495 e. The summed E-state index contributed by atoms with van der Waals surface area (Å²) in [5, 5.41) is 2.95. The van der Waals surface area contributed by atoms with Gasteiger partial charge < -0.3 is 10.1 Å². The number of ether oxygens (including phenoxy) is 1. The second-order valence-corrected chi connectivity index (χ2v) is 4.05. The summed E-state index contributed by atoms with van der Waals surface area (Å²) in [7, 11) is 3.20. The smallest absolute Gasteiger partial charge is 0.137 e. The van der Waals surface area contributed by atoms with Gasteiger partial charge in [0.15, 0.2) is 0 Å². The van der Waals surface area contributed by atoms with E-state index in [1.54, 1.807) is 25.5 Å². The molecule has 0 aliphatic rings. The van der Waals surface area contributed by atoms with Crippen LogP contribution in [-0.4, -0.2) is 19.1 Å². The molecule has 1 N–H and O–H groups in total. The largest absolute Gasteiger partial charge is 0.495 e. The molecule has 2 aromatic rings. The van der Waals surface area contributed by atoms with Crippen LogP contribution in [0.25, 0.3) is 0 Å². The van der Waals surface area contributed by atoms with Crippen LogP contribution in [0.3, 0.4) is 0 Å². The van der Waals surface area contributed by atoms with Crippen LogP contribution in [0.5, 0.6) is 5.75 Å². The van der Waals surface area contributed by atoms with E-state index < -0.39 is 17.7 Å². The lowest BCUT2D eigenvalue weighted by molar-refractivity contribution is 0.411. The molecule has 1 unspecified atom stereocenters. The zero-order valence-corrected chi connectivity index (χ0v) is 10.7. The molecule has 100 valence electrons. The number of nitrogens with zero attached hydrogens (tertiary/aromatic N) is 1. The Kier molecular flexibility index (Phi) is 4.06. The van der Waals surface area contributed by atoms with Crippen molar-refractivity contribution in [3.05, 3.63) is 59.4 Å². The topological polar surface area (TPSA) is 34.2 Å². The predicted molar refractivity (Wildman–Crippen MR) is 68.0 cm³/mol. The van der Waals surface area contributed by atoms with E-state index in [1.807, 2.05) is 0 Å². The maximum atomic E-state index is 13.8. The van der Waals surface area contributed by atoms with E-state index in [-0.39, 0.29) is 5.56 Å². The number of rotatable bonds is 4. The molecule has 1 heterocycles. The summed E-state index contributed by atoms with van der Waals surface area (Å²) in [6.45, 7) is 0. The summed E-state index contributed by atoms with van der Waals surface area (Å²) in [6.07, 6.45) is 3.15. The van der Waals surface area contributed by atoms with Crippen LogP contribution in [0.2, 0.25) is 0 Å². The molecule has 0 fully saturated rings. The van der Waals surface area contributed by atoms with Crippen LogP contribution < -0.4 is 10.1 Å². The van der Waals surface area contributed by atoms with Gasteiger partial charge in [0.25, 0.3) is 0 Å². The average molecular weight is 264 g/mol. The van der Waals surface area contributed by atoms with Gasteiger partial charge in [-0.3, -0.25) is 4.98 Å². The number of methoxy groups -OCH3 is 1. The Morgan fingerprint density at radius 3 is 2.68 bits per heavy atom. The van der Waals surface area contributed by atoms with Crippen LogP contribution in [0, 0.1) is 11.6 Å². The van der Waals surface area contributed by atoms with Crippen molar-refractivity contribution < 1.29 is 13.5 Å². The third kappa shape index (κ3) is 2.88. The first kappa shape index (κ1) is 13.4. The Balaban J connectivity index is 2.46. The number of hydrogen-bond donors (Lipinski definition) is 1. The molecule has 3 nitrogen and oxygen atoms in total. The Labute approximate surface area is 110 Å². The maximum absolute atomic E-state index is 13.8. The van der Waals surface area contributed by atoms with E-state index in [4.69, 9.17) is 4.74 Å². The average Bonchev–Trinajstić information content (AvgIpc) is 2.44. The molecular weight excluding hydrogens is 250 g/mol. The molecule has 0 bridgehead atoms. The molecule has 0 saturated carbocycles. The fraction of sp³-hybridized carbons (Fsp3) is 0.214. The second kappa shape index (κ2) is 5.75. The van der Waals surface area contributed by atoms with Gasteiger partial charge in [0.2, 0.25) is 0 Å². The van der Waals surface area contributed by atoms with Crippen molar-refractivity contribution in [2.24, 2.45) is 0 Å². The lowest BCUT2D eigenvalue weighted by Crippen LogP contribution is -2.19. The molecule has 1 atom stereocenters. The predicted octanol–water partition coefficient (Wildman–Crippen LogP) is 2.68. The van der Waals surface area contributed by atoms with Crippen molar-refractivity contribution in [2.75, 3.05) is 14.2 Å². The van der Waals surface area contributed by atoms with Crippen molar-refractivity contribution in [1.82, 2.24) is 10.3 Å². The van der Waals surface area contributed by atoms with Crippen molar-refractivity contribution >= 4 is 0 Å². The van der Waals surface area contributed by atoms with E-state index in [9.17, 15) is 8.78 Å². The lowest BCUT2D eigenvalue weighted by Gasteiger charge is -2.18. The highest BCUT2D eigenvalue weighted by Gasteiger charge is 2.17. The minimum absolute atomic E-state index is 0.234. The van der Waals surface area contributed by atoms with Gasteiger partial charge in [0, 0.05) is 11.8 Å². The Hall–Kier alpha value is -2.01. The summed E-state index contributed by atoms with van der Waals surface area (Å²) in [4.78, 5) is 4.02. The maximum Gasteiger partial charge on any atom is 0.137 e. The quantitative estimate of drug-likeness (QED) is 0.922. The van der Waals surface area contributed by atoms with E-state index in [0.29, 0.717) is 11.3 Å². The number of halogens is 2. The Bertz CT molecular complexity index is 575. The third-order valence-electron chi connectivity index (χ3n) is 2.86. The highest BCUT2D eigenvalue weighted by molar-refractivity contribution is 5.35. The zero-order chi connectivity index (χ0) is 13.8. The van der Waals surface area contributed by atoms with Gasteiger partial charge in [-0.05, 0) is 36.9 Å². The third-order valence-corrected chi connectivity index (χ3v) is 2.86. The fourth-order valence-corrected chi connectivity index (χ4v) is 1.94. The first-order valence-electron chi connectivity index (χ1n) is 5.77. The van der Waals surface area contributed by atoms with Gasteiger partial charge >= 0.3 is 0 Å². The summed E-state index contributed by atoms with van der Waals surface area (Å²) in [5.41, 5.74) is 0.934. The van der Waals surface area contributed by atoms with Gasteiger partial charge in [0.05, 0.1) is 19.3 Å². The first-order valence-corrected chi connectivity index (χ1v) is 5.77. The van der Waals surface area contributed by atoms with Crippen molar-refractivity contribution in [3.8, 4) is 5.75 Å². The van der Waals surface area contributed by atoms with Gasteiger partial charge in [-0.2, -0.15) is 0 Å². The summed E-state index contributed by atoms with van der Waals surface area (Å²) in [5.74, 6) is -0.384. The lowest BCUT2D eigenvalue weighted by atomic mass is 9.99. The molecule has 0 amide bonds. The van der Waals surface area contributed by atoms with Crippen LogP contribution in [0.1, 0.15) is 17.2 Å². The number of aromatic nitrogens is 1. The Morgan fingerprint density at radius 2 is 2.00 bits per heavy atom. The zero-order valence-electron chi connectivity index (χ0n) is 10.7. The number of benzene rings is 1. The molecular formula is C14H14F2N2O. The molecule has 1 aromatic carbocycles. The fourth-order valence-electron chi connectivity index (χ4n) is 1.94. The highest BCUT2D eigenvalue weighted by atomic mass is 19.1. The molecule has 19 heavy (non-hydrogen) atoms. The normalized spacial score (nSPS) is 12.2. The molecule has 0 radical (unpaired) electrons. The van der Waals surface area contributed by atoms with E-state index in [1.165, 1.54) is 13.2 Å². The number of nitrogens with one attached hydrogen (secondary N) is 1. The molecule has 0 aliphatic heterocycles. The summed E-state index contributed by atoms with van der Waals surface area (Å²) in [6, 6.07) is 4.63. The summed E-state index contributed by atoms with van der Waals surface area (Å²) >= 11 is 0. The second-order valence-electron chi connectivity index (χ2n) is 4.05. The van der Waals surface area contributed by atoms with Crippen molar-refractivity contribution in [2.45, 2.75) is 6.04 Å². The van der Waals surface area contributed by atoms with Gasteiger partial charge in [-0.25, -0.2) is 8.78 Å². The molecule has 1 aromatic heterocycles. The SMILES string of the molecule is CNC(c1cncc(OC)c1)c1cc(F)ccc1F. The monoisotopic (exact) mass is 264 g/mol. The molecule has 5 heteroatoms. The van der Waals surface area contributed by atoms with Gasteiger partial charge in [-0.1, -0.05) is 0 Å². The standard InChI is InChI=1S/C14H14F2N2O/c1-17-14(9-5-11(19-2)8-18-7-9)12-6-10(15)3-4-13(12)16/h3-8,14,17H,1-2H3.